The van der Waals surface area contributed by atoms with Gasteiger partial charge in [0, 0.05) is 24.6 Å². The maximum atomic E-state index is 10.6. The smallest absolute Gasteiger partial charge is 0.288 e. The van der Waals surface area contributed by atoms with Gasteiger partial charge in [0.25, 0.3) is 5.69 Å². The van der Waals surface area contributed by atoms with Crippen molar-refractivity contribution in [2.45, 2.75) is 31.3 Å². The first-order valence-electron chi connectivity index (χ1n) is 6.32. The number of nitro groups is 1. The largest absolute Gasteiger partial charge is 0.493 e. The molecule has 0 saturated heterocycles. The van der Waals surface area contributed by atoms with Crippen LogP contribution in [0.1, 0.15) is 19.3 Å². The summed E-state index contributed by atoms with van der Waals surface area (Å²) in [4.78, 5) is 10.1. The lowest BCUT2D eigenvalue weighted by atomic mass is 10.2. The molecule has 0 heterocycles. The van der Waals surface area contributed by atoms with E-state index in [2.05, 4.69) is 11.4 Å². The van der Waals surface area contributed by atoms with E-state index >= 15 is 0 Å². The zero-order valence-corrected chi connectivity index (χ0v) is 11.5. The summed E-state index contributed by atoms with van der Waals surface area (Å²) in [5, 5.41) is 22.8. The Balaban J connectivity index is 1.82. The standard InChI is InChI=1S/C13H14ClN3O3/c14-12-7-11(3-4-13(12)17(18)19)20-6-5-10(8-15)16-9-1-2-9/h3-4,7,9-10,16H,1-2,5-6H2. The summed E-state index contributed by atoms with van der Waals surface area (Å²) in [5.74, 6) is 0.462. The Hall–Kier alpha value is -1.84. The first-order valence-corrected chi connectivity index (χ1v) is 6.70. The van der Waals surface area contributed by atoms with Crippen LogP contribution in [0.4, 0.5) is 5.69 Å². The van der Waals surface area contributed by atoms with Crippen molar-refractivity contribution < 1.29 is 9.66 Å². The van der Waals surface area contributed by atoms with Crippen molar-refractivity contribution in [2.24, 2.45) is 0 Å². The predicted octanol–water partition coefficient (Wildman–Crippen LogP) is 2.66. The molecule has 1 aromatic rings. The van der Waals surface area contributed by atoms with Crippen molar-refractivity contribution in [2.75, 3.05) is 6.61 Å². The van der Waals surface area contributed by atoms with Gasteiger partial charge in [-0.3, -0.25) is 15.4 Å². The monoisotopic (exact) mass is 295 g/mol. The van der Waals surface area contributed by atoms with Crippen LogP contribution in [0.5, 0.6) is 5.75 Å². The molecule has 6 nitrogen and oxygen atoms in total. The molecule has 0 aliphatic heterocycles. The van der Waals surface area contributed by atoms with E-state index in [1.54, 1.807) is 0 Å². The highest BCUT2D eigenvalue weighted by Crippen LogP contribution is 2.28. The SMILES string of the molecule is N#CC(CCOc1ccc([N+](=O)[O-])c(Cl)c1)NC1CC1. The van der Waals surface area contributed by atoms with Crippen molar-refractivity contribution in [3.8, 4) is 11.8 Å². The first kappa shape index (κ1) is 14.6. The van der Waals surface area contributed by atoms with E-state index in [1.807, 2.05) is 0 Å². The van der Waals surface area contributed by atoms with Crippen molar-refractivity contribution in [1.29, 1.82) is 5.26 Å². The fourth-order valence-electron chi connectivity index (χ4n) is 1.74. The summed E-state index contributed by atoms with van der Waals surface area (Å²) in [7, 11) is 0. The molecule has 0 radical (unpaired) electrons. The Labute approximate surface area is 121 Å². The molecule has 7 heteroatoms. The molecular weight excluding hydrogens is 282 g/mol. The number of hydrogen-bond acceptors (Lipinski definition) is 5. The minimum absolute atomic E-state index is 0.0421. The van der Waals surface area contributed by atoms with Crippen LogP contribution < -0.4 is 10.1 Å². The molecule has 2 rings (SSSR count). The van der Waals surface area contributed by atoms with Gasteiger partial charge in [-0.25, -0.2) is 0 Å². The zero-order valence-electron chi connectivity index (χ0n) is 10.7. The molecule has 1 aliphatic carbocycles. The van der Waals surface area contributed by atoms with Crippen LogP contribution in [0.3, 0.4) is 0 Å². The molecule has 1 saturated carbocycles. The zero-order chi connectivity index (χ0) is 14.5. The van der Waals surface area contributed by atoms with Gasteiger partial charge < -0.3 is 4.74 Å². The Bertz CT molecular complexity index is 540. The molecular formula is C13H14ClN3O3. The third-order valence-corrected chi connectivity index (χ3v) is 3.26. The van der Waals surface area contributed by atoms with Gasteiger partial charge in [-0.05, 0) is 18.9 Å². The number of nitro benzene ring substituents is 1. The summed E-state index contributed by atoms with van der Waals surface area (Å²) in [6.45, 7) is 0.353. The van der Waals surface area contributed by atoms with E-state index < -0.39 is 4.92 Å². The van der Waals surface area contributed by atoms with Gasteiger partial charge in [-0.2, -0.15) is 5.26 Å². The number of hydrogen-bond donors (Lipinski definition) is 1. The topological polar surface area (TPSA) is 88.2 Å². The van der Waals surface area contributed by atoms with Gasteiger partial charge in [0.1, 0.15) is 10.8 Å². The van der Waals surface area contributed by atoms with E-state index in [0.717, 1.165) is 12.8 Å². The number of rotatable bonds is 7. The van der Waals surface area contributed by atoms with Gasteiger partial charge in [0.2, 0.25) is 0 Å². The van der Waals surface area contributed by atoms with Gasteiger partial charge in [0.05, 0.1) is 23.6 Å². The van der Waals surface area contributed by atoms with E-state index in [0.29, 0.717) is 24.8 Å². The highest BCUT2D eigenvalue weighted by Gasteiger charge is 2.24. The molecule has 1 fully saturated rings. The van der Waals surface area contributed by atoms with E-state index in [4.69, 9.17) is 21.6 Å². The van der Waals surface area contributed by atoms with Crippen molar-refractivity contribution in [3.05, 3.63) is 33.3 Å². The second kappa shape index (κ2) is 6.55. The lowest BCUT2D eigenvalue weighted by molar-refractivity contribution is -0.384. The highest BCUT2D eigenvalue weighted by atomic mass is 35.5. The second-order valence-corrected chi connectivity index (χ2v) is 5.04. The Morgan fingerprint density at radius 2 is 2.35 bits per heavy atom. The second-order valence-electron chi connectivity index (χ2n) is 4.63. The first-order chi connectivity index (χ1) is 9.60. The third-order valence-electron chi connectivity index (χ3n) is 2.96. The number of ether oxygens (including phenoxy) is 1. The molecule has 106 valence electrons. The average Bonchev–Trinajstić information content (AvgIpc) is 3.21. The normalized spacial score (nSPS) is 15.4. The van der Waals surface area contributed by atoms with Crippen LogP contribution in [0.2, 0.25) is 5.02 Å². The summed E-state index contributed by atoms with van der Waals surface area (Å²) in [6.07, 6.45) is 2.80. The van der Waals surface area contributed by atoms with Crippen molar-refractivity contribution in [1.82, 2.24) is 5.32 Å². The fourth-order valence-corrected chi connectivity index (χ4v) is 1.98. The number of halogens is 1. The quantitative estimate of drug-likeness (QED) is 0.617. The Kier molecular flexibility index (Phi) is 4.77. The Morgan fingerprint density at radius 3 is 2.90 bits per heavy atom. The lowest BCUT2D eigenvalue weighted by Crippen LogP contribution is -2.31. The summed E-state index contributed by atoms with van der Waals surface area (Å²) >= 11 is 5.78. The molecule has 0 amide bonds. The molecule has 1 unspecified atom stereocenters. The van der Waals surface area contributed by atoms with E-state index in [-0.39, 0.29) is 16.8 Å². The minimum Gasteiger partial charge on any atom is -0.493 e. The summed E-state index contributed by atoms with van der Waals surface area (Å²) in [6, 6.07) is 6.65. The summed E-state index contributed by atoms with van der Waals surface area (Å²) < 4.78 is 5.46. The van der Waals surface area contributed by atoms with Crippen molar-refractivity contribution >= 4 is 17.3 Å². The predicted molar refractivity (Wildman–Crippen MR) is 73.8 cm³/mol. The van der Waals surface area contributed by atoms with E-state index in [9.17, 15) is 10.1 Å². The van der Waals surface area contributed by atoms with Crippen LogP contribution in [-0.4, -0.2) is 23.6 Å². The Morgan fingerprint density at radius 1 is 1.60 bits per heavy atom. The number of nitrogens with zero attached hydrogens (tertiary/aromatic N) is 2. The third kappa shape index (κ3) is 4.08. The van der Waals surface area contributed by atoms with Gasteiger partial charge in [0.15, 0.2) is 0 Å². The fraction of sp³-hybridized carbons (Fsp3) is 0.462. The summed E-state index contributed by atoms with van der Waals surface area (Å²) in [5.41, 5.74) is -0.149. The molecule has 0 aromatic heterocycles. The average molecular weight is 296 g/mol. The highest BCUT2D eigenvalue weighted by molar-refractivity contribution is 6.32. The molecule has 1 aliphatic rings. The maximum Gasteiger partial charge on any atom is 0.288 e. The molecule has 0 spiro atoms. The maximum absolute atomic E-state index is 10.6. The van der Waals surface area contributed by atoms with Crippen LogP contribution in [0, 0.1) is 21.4 Å². The molecule has 1 N–H and O–H groups in total. The molecule has 1 atom stereocenters. The number of nitriles is 1. The van der Waals surface area contributed by atoms with Crippen molar-refractivity contribution in [3.63, 3.8) is 0 Å². The van der Waals surface area contributed by atoms with Crippen LogP contribution in [0.15, 0.2) is 18.2 Å². The number of nitrogens with one attached hydrogen (secondary N) is 1. The van der Waals surface area contributed by atoms with Gasteiger partial charge in [-0.15, -0.1) is 0 Å². The number of benzene rings is 1. The molecule has 20 heavy (non-hydrogen) atoms. The molecule has 1 aromatic carbocycles. The minimum atomic E-state index is -0.544. The van der Waals surface area contributed by atoms with Gasteiger partial charge in [-0.1, -0.05) is 11.6 Å². The van der Waals surface area contributed by atoms with Crippen LogP contribution in [-0.2, 0) is 0 Å². The van der Waals surface area contributed by atoms with Gasteiger partial charge >= 0.3 is 0 Å². The van der Waals surface area contributed by atoms with Crippen LogP contribution in [0.25, 0.3) is 0 Å². The lowest BCUT2D eigenvalue weighted by Gasteiger charge is -2.11. The molecule has 0 bridgehead atoms. The van der Waals surface area contributed by atoms with E-state index in [1.165, 1.54) is 18.2 Å². The van der Waals surface area contributed by atoms with Crippen LogP contribution >= 0.6 is 11.6 Å².